The second-order valence-corrected chi connectivity index (χ2v) is 7.63. The summed E-state index contributed by atoms with van der Waals surface area (Å²) in [5.41, 5.74) is 0.376. The highest BCUT2D eigenvalue weighted by Crippen LogP contribution is 2.20. The van der Waals surface area contributed by atoms with Gasteiger partial charge in [-0.15, -0.1) is 0 Å². The molecule has 0 aromatic heterocycles. The fourth-order valence-electron chi connectivity index (χ4n) is 2.52. The molecule has 1 fully saturated rings. The minimum absolute atomic E-state index is 0.00666. The van der Waals surface area contributed by atoms with Gasteiger partial charge in [-0.2, -0.15) is 0 Å². The summed E-state index contributed by atoms with van der Waals surface area (Å²) in [6.07, 6.45) is 1.23. The normalized spacial score (nSPS) is 19.0. The third-order valence-electron chi connectivity index (χ3n) is 3.90. The van der Waals surface area contributed by atoms with Crippen molar-refractivity contribution >= 4 is 21.7 Å². The molecule has 1 N–H and O–H groups in total. The Balaban J connectivity index is 2.14. The van der Waals surface area contributed by atoms with Crippen LogP contribution in [-0.2, 0) is 14.6 Å². The number of carboxylic acid groups (broad SMARTS) is 1. The van der Waals surface area contributed by atoms with Gasteiger partial charge in [-0.1, -0.05) is 6.92 Å². The van der Waals surface area contributed by atoms with Gasteiger partial charge in [0.2, 0.25) is 0 Å². The van der Waals surface area contributed by atoms with Crippen molar-refractivity contribution in [1.82, 2.24) is 4.90 Å². The molecule has 120 valence electrons. The summed E-state index contributed by atoms with van der Waals surface area (Å²) in [6.45, 7) is 2.29. The SMILES string of the molecule is CCS(=O)(=O)c1ccc(C(=O)N2CCC[C@H](C(=O)O)C2)cc1. The molecule has 1 saturated heterocycles. The Morgan fingerprint density at radius 3 is 2.45 bits per heavy atom. The minimum Gasteiger partial charge on any atom is -0.481 e. The summed E-state index contributed by atoms with van der Waals surface area (Å²) in [7, 11) is -3.29. The third-order valence-corrected chi connectivity index (χ3v) is 5.65. The molecular formula is C15H19NO5S. The molecule has 0 bridgehead atoms. The number of nitrogens with zero attached hydrogens (tertiary/aromatic N) is 1. The number of rotatable bonds is 4. The Kier molecular flexibility index (Phi) is 4.85. The smallest absolute Gasteiger partial charge is 0.308 e. The Hall–Kier alpha value is -1.89. The zero-order chi connectivity index (χ0) is 16.3. The van der Waals surface area contributed by atoms with Crippen molar-refractivity contribution in [2.45, 2.75) is 24.7 Å². The zero-order valence-corrected chi connectivity index (χ0v) is 13.2. The molecule has 1 amide bonds. The lowest BCUT2D eigenvalue weighted by atomic mass is 9.97. The van der Waals surface area contributed by atoms with Crippen LogP contribution in [0.25, 0.3) is 0 Å². The number of amides is 1. The maximum absolute atomic E-state index is 12.4. The van der Waals surface area contributed by atoms with Gasteiger partial charge in [0.15, 0.2) is 9.84 Å². The summed E-state index contributed by atoms with van der Waals surface area (Å²) in [4.78, 5) is 25.1. The van der Waals surface area contributed by atoms with Crippen LogP contribution < -0.4 is 0 Å². The third kappa shape index (κ3) is 3.47. The van der Waals surface area contributed by atoms with E-state index in [0.717, 1.165) is 0 Å². The first-order chi connectivity index (χ1) is 10.3. The maximum atomic E-state index is 12.4. The van der Waals surface area contributed by atoms with Crippen LogP contribution in [0.1, 0.15) is 30.1 Å². The van der Waals surface area contributed by atoms with Gasteiger partial charge in [0.1, 0.15) is 0 Å². The lowest BCUT2D eigenvalue weighted by Gasteiger charge is -2.30. The van der Waals surface area contributed by atoms with Gasteiger partial charge < -0.3 is 10.0 Å². The first-order valence-corrected chi connectivity index (χ1v) is 8.85. The fourth-order valence-corrected chi connectivity index (χ4v) is 3.40. The van der Waals surface area contributed by atoms with Gasteiger partial charge in [0, 0.05) is 18.7 Å². The Morgan fingerprint density at radius 2 is 1.91 bits per heavy atom. The van der Waals surface area contributed by atoms with E-state index >= 15 is 0 Å². The fraction of sp³-hybridized carbons (Fsp3) is 0.467. The molecule has 0 aliphatic carbocycles. The average molecular weight is 325 g/mol. The molecule has 6 nitrogen and oxygen atoms in total. The molecule has 1 atom stereocenters. The zero-order valence-electron chi connectivity index (χ0n) is 12.4. The molecule has 1 heterocycles. The molecule has 1 aliphatic heterocycles. The van der Waals surface area contributed by atoms with E-state index in [1.807, 2.05) is 0 Å². The highest BCUT2D eigenvalue weighted by Gasteiger charge is 2.28. The van der Waals surface area contributed by atoms with Crippen LogP contribution in [0.5, 0.6) is 0 Å². The number of benzene rings is 1. The lowest BCUT2D eigenvalue weighted by molar-refractivity contribution is -0.143. The molecule has 1 aromatic rings. The van der Waals surface area contributed by atoms with Gasteiger partial charge in [0.25, 0.3) is 5.91 Å². The molecule has 0 radical (unpaired) electrons. The van der Waals surface area contributed by atoms with E-state index in [-0.39, 0.29) is 23.1 Å². The van der Waals surface area contributed by atoms with Crippen LogP contribution in [0.15, 0.2) is 29.2 Å². The Labute approximate surface area is 129 Å². The van der Waals surface area contributed by atoms with Gasteiger partial charge in [-0.25, -0.2) is 8.42 Å². The van der Waals surface area contributed by atoms with Crippen LogP contribution in [-0.4, -0.2) is 49.1 Å². The van der Waals surface area contributed by atoms with E-state index in [9.17, 15) is 18.0 Å². The number of carbonyl (C=O) groups is 2. The second-order valence-electron chi connectivity index (χ2n) is 5.36. The van der Waals surface area contributed by atoms with E-state index < -0.39 is 21.7 Å². The number of hydrogen-bond donors (Lipinski definition) is 1. The van der Waals surface area contributed by atoms with Crippen LogP contribution >= 0.6 is 0 Å². The van der Waals surface area contributed by atoms with Crippen LogP contribution in [0.3, 0.4) is 0 Å². The van der Waals surface area contributed by atoms with Gasteiger partial charge >= 0.3 is 5.97 Å². The van der Waals surface area contributed by atoms with Gasteiger partial charge in [-0.3, -0.25) is 9.59 Å². The van der Waals surface area contributed by atoms with E-state index in [1.165, 1.54) is 29.2 Å². The molecule has 0 spiro atoms. The van der Waals surface area contributed by atoms with Crippen molar-refractivity contribution in [3.8, 4) is 0 Å². The number of piperidine rings is 1. The molecule has 0 unspecified atom stereocenters. The molecule has 1 aliphatic rings. The average Bonchev–Trinajstić information content (AvgIpc) is 2.54. The first-order valence-electron chi connectivity index (χ1n) is 7.20. The Bertz CT molecular complexity index is 666. The predicted octanol–water partition coefficient (Wildman–Crippen LogP) is 1.42. The summed E-state index contributed by atoms with van der Waals surface area (Å²) in [5.74, 6) is -1.67. The van der Waals surface area contributed by atoms with Crippen LogP contribution in [0.2, 0.25) is 0 Å². The monoisotopic (exact) mass is 325 g/mol. The summed E-state index contributed by atoms with van der Waals surface area (Å²) in [6, 6.07) is 5.81. The standard InChI is InChI=1S/C15H19NO5S/c1-2-22(20,21)13-7-5-11(6-8-13)14(17)16-9-3-4-12(10-16)15(18)19/h5-8,12H,2-4,9-10H2,1H3,(H,18,19)/t12-/m0/s1. The highest BCUT2D eigenvalue weighted by molar-refractivity contribution is 7.91. The van der Waals surface area contributed by atoms with Crippen molar-refractivity contribution in [2.75, 3.05) is 18.8 Å². The number of likely N-dealkylation sites (tertiary alicyclic amines) is 1. The predicted molar refractivity (Wildman–Crippen MR) is 80.4 cm³/mol. The molecule has 7 heteroatoms. The van der Waals surface area contributed by atoms with Gasteiger partial charge in [-0.05, 0) is 37.1 Å². The number of carboxylic acids is 1. The van der Waals surface area contributed by atoms with Crippen molar-refractivity contribution in [3.63, 3.8) is 0 Å². The second kappa shape index (κ2) is 6.48. The number of sulfone groups is 1. The summed E-state index contributed by atoms with van der Waals surface area (Å²) < 4.78 is 23.5. The van der Waals surface area contributed by atoms with E-state index in [0.29, 0.717) is 24.9 Å². The van der Waals surface area contributed by atoms with E-state index in [4.69, 9.17) is 5.11 Å². The topological polar surface area (TPSA) is 91.8 Å². The summed E-state index contributed by atoms with van der Waals surface area (Å²) >= 11 is 0. The lowest BCUT2D eigenvalue weighted by Crippen LogP contribution is -2.42. The van der Waals surface area contributed by atoms with E-state index in [2.05, 4.69) is 0 Å². The Morgan fingerprint density at radius 1 is 1.27 bits per heavy atom. The van der Waals surface area contributed by atoms with Crippen molar-refractivity contribution in [3.05, 3.63) is 29.8 Å². The molecule has 1 aromatic carbocycles. The highest BCUT2D eigenvalue weighted by atomic mass is 32.2. The van der Waals surface area contributed by atoms with Crippen LogP contribution in [0.4, 0.5) is 0 Å². The number of aliphatic carboxylic acids is 1. The molecule has 2 rings (SSSR count). The first kappa shape index (κ1) is 16.5. The molecule has 22 heavy (non-hydrogen) atoms. The number of carbonyl (C=O) groups excluding carboxylic acids is 1. The van der Waals surface area contributed by atoms with Crippen LogP contribution in [0, 0.1) is 5.92 Å². The number of hydrogen-bond acceptors (Lipinski definition) is 4. The summed E-state index contributed by atoms with van der Waals surface area (Å²) in [5, 5.41) is 9.06. The minimum atomic E-state index is -3.29. The van der Waals surface area contributed by atoms with Gasteiger partial charge in [0.05, 0.1) is 16.6 Å². The van der Waals surface area contributed by atoms with Crippen molar-refractivity contribution in [2.24, 2.45) is 5.92 Å². The quantitative estimate of drug-likeness (QED) is 0.904. The molecule has 0 saturated carbocycles. The van der Waals surface area contributed by atoms with Crippen molar-refractivity contribution < 1.29 is 23.1 Å². The van der Waals surface area contributed by atoms with Crippen molar-refractivity contribution in [1.29, 1.82) is 0 Å². The van der Waals surface area contributed by atoms with E-state index in [1.54, 1.807) is 6.92 Å². The largest absolute Gasteiger partial charge is 0.481 e. The maximum Gasteiger partial charge on any atom is 0.308 e. The molecular weight excluding hydrogens is 306 g/mol.